The van der Waals surface area contributed by atoms with E-state index in [2.05, 4.69) is 59.6 Å². The number of fused-ring (bicyclic) bond motifs is 2. The molecule has 6 rings (SSSR count). The third kappa shape index (κ3) is 9.72. The van der Waals surface area contributed by atoms with Gasteiger partial charge in [0.05, 0.1) is 20.2 Å². The van der Waals surface area contributed by atoms with Crippen molar-refractivity contribution in [3.8, 4) is 24.2 Å². The van der Waals surface area contributed by atoms with E-state index in [-0.39, 0.29) is 17.2 Å². The molecule has 2 heterocycles. The van der Waals surface area contributed by atoms with E-state index in [0.717, 1.165) is 41.9 Å². The number of aromatic nitrogens is 2. The summed E-state index contributed by atoms with van der Waals surface area (Å²) in [5.74, 6) is 7.75. The van der Waals surface area contributed by atoms with E-state index in [0.29, 0.717) is 13.6 Å². The Morgan fingerprint density at radius 1 is 0.651 bits per heavy atom. The molecule has 212 valence electrons. The van der Waals surface area contributed by atoms with Gasteiger partial charge in [-0.1, -0.05) is 41.0 Å². The Bertz CT molecular complexity index is 2050. The maximum Gasteiger partial charge on any atom is 0.138 e. The lowest BCUT2D eigenvalue weighted by Gasteiger charge is -1.99. The van der Waals surface area contributed by atoms with Crippen molar-refractivity contribution in [1.29, 1.82) is 0 Å². The third-order valence-electron chi connectivity index (χ3n) is 5.61. The molecule has 0 N–H and O–H groups in total. The summed E-state index contributed by atoms with van der Waals surface area (Å²) in [7, 11) is 0. The van der Waals surface area contributed by atoms with E-state index >= 15 is 0 Å². The Morgan fingerprint density at radius 2 is 1.19 bits per heavy atom. The lowest BCUT2D eigenvalue weighted by atomic mass is 10.1. The molecule has 0 aliphatic heterocycles. The van der Waals surface area contributed by atoms with Crippen LogP contribution in [0.1, 0.15) is 16.7 Å². The molecule has 0 atom stereocenters. The fourth-order valence-corrected chi connectivity index (χ4v) is 5.32. The molecule has 0 unspecified atom stereocenters. The molecular formula is C34H17Br2Cl2F2IN2. The van der Waals surface area contributed by atoms with Gasteiger partial charge in [-0.3, -0.25) is 9.97 Å². The van der Waals surface area contributed by atoms with Gasteiger partial charge in [0.2, 0.25) is 0 Å². The maximum absolute atomic E-state index is 13.6. The zero-order valence-electron chi connectivity index (χ0n) is 21.9. The molecule has 6 aromatic rings. The number of benzene rings is 4. The summed E-state index contributed by atoms with van der Waals surface area (Å²) in [6, 6.07) is 24.2. The largest absolute Gasteiger partial charge is 0.255 e. The number of nitrogens with zero attached hydrogens (tertiary/aromatic N) is 2. The SMILES string of the molecule is C#Cc1ccc2ncc(Br)cc2c1.Fc1ccc(Cl)cc1C#Cc1ccc2ncc(Br)cc2c1.Fc1ccc(Cl)cc1I. The number of rotatable bonds is 0. The zero-order chi connectivity index (χ0) is 30.9. The number of pyridine rings is 2. The van der Waals surface area contributed by atoms with Crippen LogP contribution in [0.3, 0.4) is 0 Å². The van der Waals surface area contributed by atoms with Gasteiger partial charge in [0.1, 0.15) is 11.6 Å². The predicted octanol–water partition coefficient (Wildman–Crippen LogP) is 11.3. The van der Waals surface area contributed by atoms with E-state index in [1.165, 1.54) is 30.3 Å². The quantitative estimate of drug-likeness (QED) is 0.0865. The van der Waals surface area contributed by atoms with Crippen LogP contribution in [0.25, 0.3) is 21.8 Å². The summed E-state index contributed by atoms with van der Waals surface area (Å²) >= 11 is 20.0. The first-order valence-corrected chi connectivity index (χ1v) is 15.7. The van der Waals surface area contributed by atoms with Crippen molar-refractivity contribution in [2.75, 3.05) is 0 Å². The molecule has 0 amide bonds. The highest BCUT2D eigenvalue weighted by molar-refractivity contribution is 14.1. The lowest BCUT2D eigenvalue weighted by molar-refractivity contribution is 0.620. The number of halogens is 7. The first kappa shape index (κ1) is 32.9. The van der Waals surface area contributed by atoms with Crippen LogP contribution in [0.5, 0.6) is 0 Å². The Labute approximate surface area is 288 Å². The minimum absolute atomic E-state index is 0.222. The fourth-order valence-electron chi connectivity index (χ4n) is 3.58. The van der Waals surface area contributed by atoms with E-state index < -0.39 is 0 Å². The molecular weight excluding hydrogens is 832 g/mol. The van der Waals surface area contributed by atoms with E-state index in [1.54, 1.807) is 18.5 Å². The fraction of sp³-hybridized carbons (Fsp3) is 0. The normalized spacial score (nSPS) is 10.0. The second-order valence-corrected chi connectivity index (χ2v) is 12.6. The van der Waals surface area contributed by atoms with Crippen LogP contribution in [-0.4, -0.2) is 9.97 Å². The van der Waals surface area contributed by atoms with E-state index in [9.17, 15) is 8.78 Å². The van der Waals surface area contributed by atoms with Crippen molar-refractivity contribution in [2.24, 2.45) is 0 Å². The van der Waals surface area contributed by atoms with Crippen molar-refractivity contribution >= 4 is 99.5 Å². The minimum atomic E-state index is -0.378. The average Bonchev–Trinajstić information content (AvgIpc) is 2.99. The second kappa shape index (κ2) is 15.6. The molecule has 0 fully saturated rings. The molecule has 0 aliphatic carbocycles. The van der Waals surface area contributed by atoms with Crippen LogP contribution >= 0.6 is 77.7 Å². The highest BCUT2D eigenvalue weighted by atomic mass is 127. The minimum Gasteiger partial charge on any atom is -0.255 e. The molecule has 0 bridgehead atoms. The van der Waals surface area contributed by atoms with Gasteiger partial charge >= 0.3 is 0 Å². The molecule has 4 aromatic carbocycles. The Hall–Kier alpha value is -3.05. The third-order valence-corrected chi connectivity index (χ3v) is 7.78. The highest BCUT2D eigenvalue weighted by Gasteiger charge is 2.01. The van der Waals surface area contributed by atoms with Crippen LogP contribution in [0, 0.1) is 39.4 Å². The van der Waals surface area contributed by atoms with Crippen molar-refractivity contribution in [2.45, 2.75) is 0 Å². The first-order chi connectivity index (χ1) is 20.6. The molecule has 9 heteroatoms. The summed E-state index contributed by atoms with van der Waals surface area (Å²) in [5.41, 5.74) is 3.81. The van der Waals surface area contributed by atoms with Gasteiger partial charge in [0.25, 0.3) is 0 Å². The van der Waals surface area contributed by atoms with Gasteiger partial charge < -0.3 is 0 Å². The van der Waals surface area contributed by atoms with Crippen LogP contribution in [-0.2, 0) is 0 Å². The van der Waals surface area contributed by atoms with Crippen molar-refractivity contribution in [3.63, 3.8) is 0 Å². The molecule has 0 radical (unpaired) electrons. The summed E-state index contributed by atoms with van der Waals surface area (Å²) in [5, 5.41) is 3.07. The predicted molar refractivity (Wildman–Crippen MR) is 188 cm³/mol. The molecule has 2 aromatic heterocycles. The molecule has 2 nitrogen and oxygen atoms in total. The van der Waals surface area contributed by atoms with Crippen LogP contribution in [0.15, 0.2) is 106 Å². The summed E-state index contributed by atoms with van der Waals surface area (Å²) < 4.78 is 28.5. The smallest absolute Gasteiger partial charge is 0.138 e. The number of hydrogen-bond donors (Lipinski definition) is 0. The molecule has 0 saturated carbocycles. The van der Waals surface area contributed by atoms with E-state index in [4.69, 9.17) is 29.6 Å². The van der Waals surface area contributed by atoms with Gasteiger partial charge in [0.15, 0.2) is 0 Å². The maximum atomic E-state index is 13.6. The summed E-state index contributed by atoms with van der Waals surface area (Å²) in [6.07, 6.45) is 8.82. The molecule has 0 spiro atoms. The van der Waals surface area contributed by atoms with Gasteiger partial charge in [-0.25, -0.2) is 8.78 Å². The molecule has 0 saturated heterocycles. The van der Waals surface area contributed by atoms with Crippen molar-refractivity contribution in [3.05, 3.63) is 148 Å². The Morgan fingerprint density at radius 3 is 1.74 bits per heavy atom. The van der Waals surface area contributed by atoms with Gasteiger partial charge in [0, 0.05) is 53.3 Å². The average molecular weight is 849 g/mol. The van der Waals surface area contributed by atoms with Crippen LogP contribution in [0.2, 0.25) is 10.0 Å². The first-order valence-electron chi connectivity index (χ1n) is 12.3. The Balaban J connectivity index is 0.000000163. The summed E-state index contributed by atoms with van der Waals surface area (Å²) in [6.45, 7) is 0. The monoisotopic (exact) mass is 846 g/mol. The zero-order valence-corrected chi connectivity index (χ0v) is 28.7. The highest BCUT2D eigenvalue weighted by Crippen LogP contribution is 2.20. The van der Waals surface area contributed by atoms with Crippen LogP contribution < -0.4 is 0 Å². The number of terminal acetylenes is 1. The van der Waals surface area contributed by atoms with Gasteiger partial charge in [-0.2, -0.15) is 0 Å². The van der Waals surface area contributed by atoms with Crippen molar-refractivity contribution in [1.82, 2.24) is 9.97 Å². The molecule has 0 aliphatic rings. The topological polar surface area (TPSA) is 25.8 Å². The summed E-state index contributed by atoms with van der Waals surface area (Å²) in [4.78, 5) is 8.53. The van der Waals surface area contributed by atoms with Crippen LogP contribution in [0.4, 0.5) is 8.78 Å². The van der Waals surface area contributed by atoms with Gasteiger partial charge in [-0.05, 0) is 139 Å². The Kier molecular flexibility index (Phi) is 11.9. The van der Waals surface area contributed by atoms with Gasteiger partial charge in [-0.15, -0.1) is 6.42 Å². The standard InChI is InChI=1S/C17H8BrClFN.C11H6BrN.C6H3ClFI/c18-14-8-13-7-11(2-6-17(13)21-10-14)1-3-12-9-15(19)4-5-16(12)20;1-2-8-3-4-11-9(5-8)6-10(12)7-13-11;7-4-1-2-5(8)6(9)3-4/h2,4-10H;1,3-7H;1-3H. The van der Waals surface area contributed by atoms with E-state index in [1.807, 2.05) is 71.1 Å². The number of hydrogen-bond acceptors (Lipinski definition) is 2. The van der Waals surface area contributed by atoms with Crippen molar-refractivity contribution < 1.29 is 8.78 Å². The second-order valence-electron chi connectivity index (χ2n) is 8.70. The lowest BCUT2D eigenvalue weighted by Crippen LogP contribution is -1.84. The molecule has 43 heavy (non-hydrogen) atoms.